The Kier molecular flexibility index (Phi) is 14.7. The maximum Gasteiger partial charge on any atom is -0.0277 e. The molecule has 0 atom stereocenters. The van der Waals surface area contributed by atoms with Crippen molar-refractivity contribution >= 4 is 37.8 Å². The number of aryl methyl sites for hydroxylation is 3. The molecule has 0 aliphatic rings. The molecule has 0 aromatic heterocycles. The molecule has 0 aliphatic heterocycles. The summed E-state index contributed by atoms with van der Waals surface area (Å²) in [5, 5.41) is 7.99. The van der Waals surface area contributed by atoms with Crippen LogP contribution in [0.15, 0.2) is 146 Å². The maximum atomic E-state index is 2.36. The summed E-state index contributed by atoms with van der Waals surface area (Å²) < 4.78 is 0. The summed E-state index contributed by atoms with van der Waals surface area (Å²) in [5.41, 5.74) is 13.3. The Morgan fingerprint density at radius 2 is 1.04 bits per heavy atom. The van der Waals surface area contributed by atoms with Crippen molar-refractivity contribution in [3.05, 3.63) is 168 Å². The van der Waals surface area contributed by atoms with Crippen LogP contribution in [0.25, 0.3) is 65.7 Å². The van der Waals surface area contributed by atoms with Crippen molar-refractivity contribution in [2.24, 2.45) is 0 Å². The molecule has 8 rings (SSSR count). The molecule has 0 spiro atoms. The van der Waals surface area contributed by atoms with Gasteiger partial charge in [0.1, 0.15) is 0 Å². The van der Waals surface area contributed by atoms with E-state index < -0.39 is 0 Å². The van der Waals surface area contributed by atoms with Crippen LogP contribution in [0.5, 0.6) is 0 Å². The minimum absolute atomic E-state index is 0. The van der Waals surface area contributed by atoms with Gasteiger partial charge in [-0.3, -0.25) is 0 Å². The largest absolute Gasteiger partial charge is 1.00 e. The van der Waals surface area contributed by atoms with Gasteiger partial charge >= 0.3 is 41.9 Å². The van der Waals surface area contributed by atoms with Gasteiger partial charge in [-0.15, -0.1) is 63.0 Å². The van der Waals surface area contributed by atoms with E-state index in [0.717, 1.165) is 0 Å². The molecule has 8 aromatic rings. The molecule has 0 heterocycles. The molecule has 0 fully saturated rings. The van der Waals surface area contributed by atoms with Crippen molar-refractivity contribution in [3.8, 4) is 33.4 Å². The first-order chi connectivity index (χ1) is 24.1. The van der Waals surface area contributed by atoms with Gasteiger partial charge in [-0.25, -0.2) is 0 Å². The van der Waals surface area contributed by atoms with Gasteiger partial charge in [0.2, 0.25) is 0 Å². The summed E-state index contributed by atoms with van der Waals surface area (Å²) in [7, 11) is 0. The fraction of sp³-hybridized carbons (Fsp3) is 0.167. The summed E-state index contributed by atoms with van der Waals surface area (Å²) in [6, 6.07) is 53.4. The standard InChI is InChI=1S/C24H21.C22H19.C2H6Si.2ClH.Zr/c1-16-4-8-19(9-5-16)21-14-22-12-18(3)13-23(22)24(15-21)20-10-6-17(2)7-11-20;1-15(2)18-13-17-9-6-12-21(22(17)14-18)20-11-5-8-16-7-3-4-10-19(16)20;1-3-2;;;/h4-15H,1-3H3;3-15H,1-2H3;1-2H3;2*1H;/q2*-1;;;;+2/p-2. The molecule has 0 bridgehead atoms. The van der Waals surface area contributed by atoms with Gasteiger partial charge in [0.25, 0.3) is 0 Å². The summed E-state index contributed by atoms with van der Waals surface area (Å²) >= 11 is 1.74. The van der Waals surface area contributed by atoms with Crippen LogP contribution in [-0.2, 0) is 23.3 Å². The second kappa shape index (κ2) is 18.5. The molecule has 0 aliphatic carbocycles. The van der Waals surface area contributed by atoms with E-state index in [4.69, 9.17) is 0 Å². The molecule has 262 valence electrons. The topological polar surface area (TPSA) is 0 Å². The van der Waals surface area contributed by atoms with Gasteiger partial charge in [-0.1, -0.05) is 152 Å². The second-order valence-electron chi connectivity index (χ2n) is 14.1. The zero-order chi connectivity index (χ0) is 35.4. The molecule has 0 saturated heterocycles. The quantitative estimate of drug-likeness (QED) is 0.125. The number of benzene rings is 6. The third kappa shape index (κ3) is 9.71. The molecule has 52 heavy (non-hydrogen) atoms. The molecule has 0 N–H and O–H groups in total. The summed E-state index contributed by atoms with van der Waals surface area (Å²) in [6.07, 6.45) is 0. The minimum Gasteiger partial charge on any atom is -1.00 e. The first-order valence-electron chi connectivity index (χ1n) is 17.6. The molecule has 0 nitrogen and oxygen atoms in total. The third-order valence-corrected chi connectivity index (χ3v) is 9.23. The molecular formula is C48H46Cl2SiZr-2. The maximum absolute atomic E-state index is 2.36. The molecule has 0 radical (unpaired) electrons. The van der Waals surface area contributed by atoms with Crippen LogP contribution in [0, 0.1) is 20.8 Å². The molecule has 0 unspecified atom stereocenters. The average Bonchev–Trinajstić information content (AvgIpc) is 3.72. The van der Waals surface area contributed by atoms with Gasteiger partial charge in [-0.2, -0.15) is 12.1 Å². The zero-order valence-corrected chi connectivity index (χ0v) is 36.2. The van der Waals surface area contributed by atoms with Crippen molar-refractivity contribution in [1.29, 1.82) is 0 Å². The van der Waals surface area contributed by atoms with E-state index >= 15 is 0 Å². The predicted molar refractivity (Wildman–Crippen MR) is 219 cm³/mol. The smallest absolute Gasteiger partial charge is 0.0277 e. The Balaban J connectivity index is 0.000000205. The van der Waals surface area contributed by atoms with Gasteiger partial charge in [0.05, 0.1) is 0 Å². The van der Waals surface area contributed by atoms with Gasteiger partial charge < -0.3 is 24.8 Å². The van der Waals surface area contributed by atoms with Crippen LogP contribution in [0.4, 0.5) is 0 Å². The predicted octanol–water partition coefficient (Wildman–Crippen LogP) is 8.11. The monoisotopic (exact) mass is 810 g/mol. The van der Waals surface area contributed by atoms with Crippen LogP contribution in [0.1, 0.15) is 42.0 Å². The SMILES string of the molecule is CC(C)c1cc2c(-c3cccc4ccccc34)cccc2[cH-]1.C[Si](C)=[Zr+2].Cc1ccc(-c2cc(-c3ccc(C)cc3)c3cc(C)[cH-]c3c2)cc1.[Cl-].[Cl-]. The van der Waals surface area contributed by atoms with E-state index in [9.17, 15) is 0 Å². The van der Waals surface area contributed by atoms with Crippen molar-refractivity contribution in [3.63, 3.8) is 0 Å². The summed E-state index contributed by atoms with van der Waals surface area (Å²) in [4.78, 5) is 0. The van der Waals surface area contributed by atoms with Crippen LogP contribution < -0.4 is 24.8 Å². The number of hydrogen-bond donors (Lipinski definition) is 0. The number of fused-ring (bicyclic) bond motifs is 3. The number of halogens is 2. The van der Waals surface area contributed by atoms with Gasteiger partial charge in [-0.05, 0) is 47.2 Å². The van der Waals surface area contributed by atoms with E-state index in [-0.39, 0.29) is 30.2 Å². The number of hydrogen-bond acceptors (Lipinski definition) is 0. The Morgan fingerprint density at radius 3 is 1.67 bits per heavy atom. The fourth-order valence-corrected chi connectivity index (χ4v) is 6.64. The fourth-order valence-electron chi connectivity index (χ4n) is 6.64. The average molecular weight is 813 g/mol. The molecule has 0 saturated carbocycles. The van der Waals surface area contributed by atoms with Gasteiger partial charge in [0.15, 0.2) is 0 Å². The number of rotatable bonds is 4. The van der Waals surface area contributed by atoms with Crippen LogP contribution in [0.2, 0.25) is 13.1 Å². The normalized spacial score (nSPS) is 10.6. The van der Waals surface area contributed by atoms with Crippen LogP contribution >= 0.6 is 0 Å². The van der Waals surface area contributed by atoms with E-state index in [1.165, 1.54) is 88.0 Å². The first-order valence-corrected chi connectivity index (χ1v) is 23.8. The first kappa shape index (κ1) is 41.2. The molecule has 8 aromatic carbocycles. The Hall–Kier alpha value is -3.52. The molecular weight excluding hydrogens is 767 g/mol. The van der Waals surface area contributed by atoms with E-state index in [0.29, 0.717) is 5.92 Å². The summed E-state index contributed by atoms with van der Waals surface area (Å²) in [6.45, 7) is 15.6. The van der Waals surface area contributed by atoms with Crippen molar-refractivity contribution in [2.45, 2.75) is 53.6 Å². The van der Waals surface area contributed by atoms with E-state index in [2.05, 4.69) is 193 Å². The second-order valence-corrected chi connectivity index (χ2v) is 23.4. The van der Waals surface area contributed by atoms with Crippen LogP contribution in [-0.4, -0.2) is 5.43 Å². The Labute approximate surface area is 338 Å². The third-order valence-electron chi connectivity index (χ3n) is 9.23. The van der Waals surface area contributed by atoms with Crippen molar-refractivity contribution < 1.29 is 48.1 Å². The zero-order valence-electron chi connectivity index (χ0n) is 31.2. The molecule has 4 heteroatoms. The minimum atomic E-state index is 0. The Bertz CT molecular complexity index is 2400. The van der Waals surface area contributed by atoms with E-state index in [1.807, 2.05) is 0 Å². The van der Waals surface area contributed by atoms with Crippen molar-refractivity contribution in [2.75, 3.05) is 0 Å². The van der Waals surface area contributed by atoms with E-state index in [1.54, 1.807) is 23.3 Å². The van der Waals surface area contributed by atoms with Crippen molar-refractivity contribution in [1.82, 2.24) is 0 Å². The van der Waals surface area contributed by atoms with Crippen LogP contribution in [0.3, 0.4) is 0 Å². The Morgan fingerprint density at radius 1 is 0.500 bits per heavy atom. The summed E-state index contributed by atoms with van der Waals surface area (Å²) in [5.74, 6) is 0.563. The van der Waals surface area contributed by atoms with Gasteiger partial charge in [0, 0.05) is 0 Å². The molecule has 0 amide bonds.